The van der Waals surface area contributed by atoms with E-state index in [0.717, 1.165) is 37.6 Å². The Labute approximate surface area is 106 Å². The van der Waals surface area contributed by atoms with Crippen LogP contribution in [0.5, 0.6) is 0 Å². The molecule has 0 aliphatic carbocycles. The number of ether oxygens (including phenoxy) is 1. The molecule has 5 heteroatoms. The van der Waals surface area contributed by atoms with Crippen LogP contribution in [0.4, 0.5) is 0 Å². The summed E-state index contributed by atoms with van der Waals surface area (Å²) >= 11 is 0. The number of hydrogen-bond acceptors (Lipinski definition) is 4. The Bertz CT molecular complexity index is 538. The molecule has 5 nitrogen and oxygen atoms in total. The normalized spacial score (nSPS) is 19.0. The summed E-state index contributed by atoms with van der Waals surface area (Å²) in [5.74, 6) is 1.31. The van der Waals surface area contributed by atoms with Crippen molar-refractivity contribution in [3.8, 4) is 11.6 Å². The first-order chi connectivity index (χ1) is 8.69. The first-order valence-corrected chi connectivity index (χ1v) is 6.22. The highest BCUT2D eigenvalue weighted by Gasteiger charge is 2.35. The van der Waals surface area contributed by atoms with E-state index in [9.17, 15) is 0 Å². The van der Waals surface area contributed by atoms with Crippen molar-refractivity contribution in [1.29, 1.82) is 0 Å². The quantitative estimate of drug-likeness (QED) is 0.816. The van der Waals surface area contributed by atoms with Gasteiger partial charge in [-0.15, -0.1) is 10.2 Å². The Morgan fingerprint density at radius 2 is 2.06 bits per heavy atom. The van der Waals surface area contributed by atoms with E-state index in [1.54, 1.807) is 0 Å². The molecule has 2 aromatic heterocycles. The summed E-state index contributed by atoms with van der Waals surface area (Å²) in [5, 5.41) is 8.38. The van der Waals surface area contributed by atoms with Crippen molar-refractivity contribution in [3.63, 3.8) is 0 Å². The molecule has 0 N–H and O–H groups in total. The van der Waals surface area contributed by atoms with Gasteiger partial charge in [0.15, 0.2) is 0 Å². The second kappa shape index (κ2) is 4.24. The van der Waals surface area contributed by atoms with Crippen LogP contribution in [0.2, 0.25) is 0 Å². The molecular formula is C13H17N3O2. The molecule has 1 aliphatic rings. The van der Waals surface area contributed by atoms with E-state index in [1.807, 2.05) is 29.9 Å². The van der Waals surface area contributed by atoms with E-state index < -0.39 is 0 Å². The fourth-order valence-corrected chi connectivity index (χ4v) is 2.29. The van der Waals surface area contributed by atoms with E-state index >= 15 is 0 Å². The lowest BCUT2D eigenvalue weighted by Crippen LogP contribution is -2.30. The molecule has 2 aromatic rings. The standard InChI is InChI=1S/C13H17N3O2/c1-13(5-8-17-9-6-13)12-15-14-11(18-12)10-4-3-7-16(10)2/h3-4,7H,5-6,8-9H2,1-2H3. The topological polar surface area (TPSA) is 53.1 Å². The van der Waals surface area contributed by atoms with E-state index in [4.69, 9.17) is 9.15 Å². The summed E-state index contributed by atoms with van der Waals surface area (Å²) in [5.41, 5.74) is 0.902. The van der Waals surface area contributed by atoms with Crippen molar-refractivity contribution in [2.45, 2.75) is 25.2 Å². The zero-order chi connectivity index (χ0) is 12.6. The summed E-state index contributed by atoms with van der Waals surface area (Å²) in [6.45, 7) is 3.69. The van der Waals surface area contributed by atoms with Crippen LogP contribution in [-0.2, 0) is 17.2 Å². The Kier molecular flexibility index (Phi) is 2.70. The maximum Gasteiger partial charge on any atom is 0.264 e. The number of hydrogen-bond donors (Lipinski definition) is 0. The number of aromatic nitrogens is 3. The molecule has 18 heavy (non-hydrogen) atoms. The smallest absolute Gasteiger partial charge is 0.264 e. The third-order valence-corrected chi connectivity index (χ3v) is 3.70. The fourth-order valence-electron chi connectivity index (χ4n) is 2.29. The molecule has 0 unspecified atom stereocenters. The van der Waals surface area contributed by atoms with Crippen LogP contribution in [0.25, 0.3) is 11.6 Å². The van der Waals surface area contributed by atoms with E-state index in [-0.39, 0.29) is 5.41 Å². The molecule has 0 spiro atoms. The molecule has 0 amide bonds. The van der Waals surface area contributed by atoms with Crippen molar-refractivity contribution in [3.05, 3.63) is 24.2 Å². The van der Waals surface area contributed by atoms with E-state index in [1.165, 1.54) is 0 Å². The first kappa shape index (κ1) is 11.5. The summed E-state index contributed by atoms with van der Waals surface area (Å²) < 4.78 is 13.2. The Hall–Kier alpha value is -1.62. The van der Waals surface area contributed by atoms with Gasteiger partial charge in [-0.2, -0.15) is 0 Å². The van der Waals surface area contributed by atoms with Crippen LogP contribution in [-0.4, -0.2) is 28.0 Å². The summed E-state index contributed by atoms with van der Waals surface area (Å²) in [7, 11) is 1.97. The lowest BCUT2D eigenvalue weighted by Gasteiger charge is -2.29. The minimum absolute atomic E-state index is 0.0470. The highest BCUT2D eigenvalue weighted by Crippen LogP contribution is 2.34. The first-order valence-electron chi connectivity index (χ1n) is 6.22. The van der Waals surface area contributed by atoms with Gasteiger partial charge in [-0.25, -0.2) is 0 Å². The predicted molar refractivity (Wildman–Crippen MR) is 66.1 cm³/mol. The molecule has 3 rings (SSSR count). The van der Waals surface area contributed by atoms with Crippen molar-refractivity contribution in [2.24, 2.45) is 7.05 Å². The molecule has 0 radical (unpaired) electrons. The number of aryl methyl sites for hydroxylation is 1. The minimum atomic E-state index is -0.0470. The van der Waals surface area contributed by atoms with E-state index in [0.29, 0.717) is 5.89 Å². The van der Waals surface area contributed by atoms with Gasteiger partial charge in [0, 0.05) is 26.5 Å². The zero-order valence-electron chi connectivity index (χ0n) is 10.7. The van der Waals surface area contributed by atoms with Crippen molar-refractivity contribution < 1.29 is 9.15 Å². The molecule has 0 aromatic carbocycles. The van der Waals surface area contributed by atoms with Crippen LogP contribution >= 0.6 is 0 Å². The summed E-state index contributed by atoms with van der Waals surface area (Å²) in [6.07, 6.45) is 3.83. The van der Waals surface area contributed by atoms with Gasteiger partial charge in [-0.05, 0) is 25.0 Å². The number of nitrogens with zero attached hydrogens (tertiary/aromatic N) is 3. The second-order valence-electron chi connectivity index (χ2n) is 5.09. The molecule has 3 heterocycles. The molecule has 1 saturated heterocycles. The van der Waals surface area contributed by atoms with Crippen molar-refractivity contribution in [2.75, 3.05) is 13.2 Å². The molecule has 0 atom stereocenters. The van der Waals surface area contributed by atoms with Crippen molar-refractivity contribution >= 4 is 0 Å². The molecule has 1 fully saturated rings. The van der Waals surface area contributed by atoms with Crippen LogP contribution in [0.3, 0.4) is 0 Å². The summed E-state index contributed by atoms with van der Waals surface area (Å²) in [4.78, 5) is 0. The zero-order valence-corrected chi connectivity index (χ0v) is 10.7. The van der Waals surface area contributed by atoms with Gasteiger partial charge in [-0.3, -0.25) is 0 Å². The third-order valence-electron chi connectivity index (χ3n) is 3.70. The van der Waals surface area contributed by atoms with Crippen LogP contribution in [0, 0.1) is 0 Å². The summed E-state index contributed by atoms with van der Waals surface area (Å²) in [6, 6.07) is 3.94. The molecule has 0 bridgehead atoms. The van der Waals surface area contributed by atoms with Gasteiger partial charge in [0.1, 0.15) is 5.69 Å². The van der Waals surface area contributed by atoms with Gasteiger partial charge in [0.25, 0.3) is 5.89 Å². The molecular weight excluding hydrogens is 230 g/mol. The molecule has 0 saturated carbocycles. The monoisotopic (exact) mass is 247 g/mol. The van der Waals surface area contributed by atoms with Crippen molar-refractivity contribution in [1.82, 2.24) is 14.8 Å². The predicted octanol–water partition coefficient (Wildman–Crippen LogP) is 2.14. The van der Waals surface area contributed by atoms with Crippen LogP contribution in [0.15, 0.2) is 22.7 Å². The van der Waals surface area contributed by atoms with Gasteiger partial charge >= 0.3 is 0 Å². The largest absolute Gasteiger partial charge is 0.419 e. The Balaban J connectivity index is 1.92. The van der Waals surface area contributed by atoms with Gasteiger partial charge in [0.2, 0.25) is 5.89 Å². The Morgan fingerprint density at radius 3 is 2.72 bits per heavy atom. The van der Waals surface area contributed by atoms with Gasteiger partial charge in [-0.1, -0.05) is 6.92 Å². The SMILES string of the molecule is Cn1cccc1-c1nnc(C2(C)CCOCC2)o1. The van der Waals surface area contributed by atoms with Gasteiger partial charge < -0.3 is 13.7 Å². The van der Waals surface area contributed by atoms with E-state index in [2.05, 4.69) is 17.1 Å². The average molecular weight is 247 g/mol. The highest BCUT2D eigenvalue weighted by atomic mass is 16.5. The average Bonchev–Trinajstić information content (AvgIpc) is 2.98. The Morgan fingerprint density at radius 1 is 1.28 bits per heavy atom. The van der Waals surface area contributed by atoms with Crippen LogP contribution < -0.4 is 0 Å². The van der Waals surface area contributed by atoms with Crippen LogP contribution in [0.1, 0.15) is 25.7 Å². The third kappa shape index (κ3) is 1.84. The number of rotatable bonds is 2. The maximum absolute atomic E-state index is 5.85. The lowest BCUT2D eigenvalue weighted by atomic mass is 9.82. The van der Waals surface area contributed by atoms with Gasteiger partial charge in [0.05, 0.1) is 5.41 Å². The maximum atomic E-state index is 5.85. The minimum Gasteiger partial charge on any atom is -0.419 e. The molecule has 1 aliphatic heterocycles. The lowest BCUT2D eigenvalue weighted by molar-refractivity contribution is 0.0471. The fraction of sp³-hybridized carbons (Fsp3) is 0.538. The second-order valence-corrected chi connectivity index (χ2v) is 5.09. The highest BCUT2D eigenvalue weighted by molar-refractivity contribution is 5.47. The molecule has 96 valence electrons.